The zero-order valence-corrected chi connectivity index (χ0v) is 13.4. The van der Waals surface area contributed by atoms with Gasteiger partial charge in [0, 0.05) is 11.8 Å². The monoisotopic (exact) mass is 410 g/mol. The molecule has 0 aliphatic rings. The third-order valence-electron chi connectivity index (χ3n) is 2.09. The Morgan fingerprint density at radius 2 is 2.22 bits per heavy atom. The molecular weight excluding hydrogens is 407 g/mol. The molecular formula is C10H5Br2ClN2O2S. The fourth-order valence-corrected chi connectivity index (χ4v) is 4.33. The number of thiophene rings is 1. The van der Waals surface area contributed by atoms with Gasteiger partial charge in [-0.1, -0.05) is 11.6 Å². The van der Waals surface area contributed by atoms with Gasteiger partial charge in [0.25, 0.3) is 0 Å². The van der Waals surface area contributed by atoms with E-state index in [1.54, 1.807) is 6.07 Å². The van der Waals surface area contributed by atoms with Crippen LogP contribution in [0.2, 0.25) is 5.02 Å². The molecule has 0 radical (unpaired) electrons. The van der Waals surface area contributed by atoms with Crippen molar-refractivity contribution >= 4 is 60.6 Å². The molecule has 0 N–H and O–H groups in total. The van der Waals surface area contributed by atoms with Gasteiger partial charge in [0.05, 0.1) is 25.3 Å². The molecule has 4 nitrogen and oxygen atoms in total. The SMILES string of the molecule is O=C(Cn1cc(Cl)cnc1=O)c1cc(Br)sc1Br. The highest BCUT2D eigenvalue weighted by Crippen LogP contribution is 2.32. The van der Waals surface area contributed by atoms with Crippen molar-refractivity contribution in [2.75, 3.05) is 0 Å². The van der Waals surface area contributed by atoms with Crippen molar-refractivity contribution in [2.24, 2.45) is 0 Å². The van der Waals surface area contributed by atoms with Gasteiger partial charge in [0.15, 0.2) is 5.78 Å². The number of halogens is 3. The maximum Gasteiger partial charge on any atom is 0.348 e. The molecule has 0 aliphatic heterocycles. The van der Waals surface area contributed by atoms with Crippen LogP contribution in [-0.2, 0) is 6.54 Å². The zero-order chi connectivity index (χ0) is 13.3. The summed E-state index contributed by atoms with van der Waals surface area (Å²) in [6.45, 7) is -0.0891. The quantitative estimate of drug-likeness (QED) is 0.727. The number of rotatable bonds is 3. The van der Waals surface area contributed by atoms with Crippen molar-refractivity contribution in [3.8, 4) is 0 Å². The number of carbonyl (C=O) groups is 1. The van der Waals surface area contributed by atoms with Crippen molar-refractivity contribution < 1.29 is 4.79 Å². The topological polar surface area (TPSA) is 52.0 Å². The highest BCUT2D eigenvalue weighted by molar-refractivity contribution is 9.12. The van der Waals surface area contributed by atoms with Crippen LogP contribution < -0.4 is 5.69 Å². The molecule has 2 aromatic heterocycles. The van der Waals surface area contributed by atoms with Crippen LogP contribution in [0.25, 0.3) is 0 Å². The molecule has 18 heavy (non-hydrogen) atoms. The minimum atomic E-state index is -0.502. The maximum atomic E-state index is 12.0. The third-order valence-corrected chi connectivity index (χ3v) is 4.63. The molecule has 8 heteroatoms. The number of hydrogen-bond acceptors (Lipinski definition) is 4. The van der Waals surface area contributed by atoms with Crippen molar-refractivity contribution in [1.29, 1.82) is 0 Å². The maximum absolute atomic E-state index is 12.0. The molecule has 0 aliphatic carbocycles. The predicted octanol–water partition coefficient (Wildman–Crippen LogP) is 3.37. The lowest BCUT2D eigenvalue weighted by molar-refractivity contribution is 0.0970. The molecule has 0 fully saturated rings. The molecule has 0 spiro atoms. The summed E-state index contributed by atoms with van der Waals surface area (Å²) in [6, 6.07) is 1.71. The smallest absolute Gasteiger partial charge is 0.292 e. The van der Waals surface area contributed by atoms with Gasteiger partial charge in [0.2, 0.25) is 0 Å². The Labute approximate surface area is 128 Å². The van der Waals surface area contributed by atoms with E-state index in [0.29, 0.717) is 10.6 Å². The molecule has 0 amide bonds. The van der Waals surface area contributed by atoms with Crippen LogP contribution in [-0.4, -0.2) is 15.3 Å². The predicted molar refractivity (Wildman–Crippen MR) is 77.6 cm³/mol. The Morgan fingerprint density at radius 1 is 1.50 bits per heavy atom. The van der Waals surface area contributed by atoms with Crippen molar-refractivity contribution in [2.45, 2.75) is 6.54 Å². The Morgan fingerprint density at radius 3 is 2.83 bits per heavy atom. The fraction of sp³-hybridized carbons (Fsp3) is 0.100. The fourth-order valence-electron chi connectivity index (χ4n) is 1.31. The third kappa shape index (κ3) is 3.09. The van der Waals surface area contributed by atoms with E-state index < -0.39 is 5.69 Å². The van der Waals surface area contributed by atoms with Crippen LogP contribution in [0.1, 0.15) is 10.4 Å². The number of nitrogens with zero attached hydrogens (tertiary/aromatic N) is 2. The summed E-state index contributed by atoms with van der Waals surface area (Å²) in [5.74, 6) is -0.185. The standard InChI is InChI=1S/C10H5Br2ClN2O2S/c11-8-1-6(9(12)18-8)7(16)4-15-3-5(13)2-14-10(15)17/h1-3H,4H2. The van der Waals surface area contributed by atoms with Crippen LogP contribution in [0.5, 0.6) is 0 Å². The van der Waals surface area contributed by atoms with E-state index >= 15 is 0 Å². The minimum Gasteiger partial charge on any atom is -0.292 e. The van der Waals surface area contributed by atoms with Crippen LogP contribution in [0.15, 0.2) is 30.8 Å². The van der Waals surface area contributed by atoms with Gasteiger partial charge in [-0.15, -0.1) is 11.3 Å². The zero-order valence-electron chi connectivity index (χ0n) is 8.69. The van der Waals surface area contributed by atoms with Crippen LogP contribution >= 0.6 is 54.8 Å². The van der Waals surface area contributed by atoms with Gasteiger partial charge < -0.3 is 0 Å². The van der Waals surface area contributed by atoms with Gasteiger partial charge in [-0.3, -0.25) is 9.36 Å². The van der Waals surface area contributed by atoms with E-state index in [1.165, 1.54) is 28.3 Å². The highest BCUT2D eigenvalue weighted by Gasteiger charge is 2.15. The summed E-state index contributed by atoms with van der Waals surface area (Å²) < 4.78 is 2.75. The summed E-state index contributed by atoms with van der Waals surface area (Å²) in [7, 11) is 0. The number of ketones is 1. The van der Waals surface area contributed by atoms with E-state index in [0.717, 1.165) is 7.57 Å². The van der Waals surface area contributed by atoms with Gasteiger partial charge in [-0.05, 0) is 37.9 Å². The van der Waals surface area contributed by atoms with Gasteiger partial charge in [0.1, 0.15) is 0 Å². The molecule has 0 saturated carbocycles. The van der Waals surface area contributed by atoms with Crippen LogP contribution in [0, 0.1) is 0 Å². The Hall–Kier alpha value is -0.500. The van der Waals surface area contributed by atoms with E-state index in [4.69, 9.17) is 11.6 Å². The second-order valence-electron chi connectivity index (χ2n) is 3.34. The Kier molecular flexibility index (Phi) is 4.37. The Bertz CT molecular complexity index is 668. The first-order chi connectivity index (χ1) is 8.47. The lowest BCUT2D eigenvalue weighted by Crippen LogP contribution is -2.25. The van der Waals surface area contributed by atoms with Crippen LogP contribution in [0.4, 0.5) is 0 Å². The van der Waals surface area contributed by atoms with Gasteiger partial charge in [-0.25, -0.2) is 9.78 Å². The number of aromatic nitrogens is 2. The normalized spacial score (nSPS) is 10.6. The number of Topliss-reactive ketones (excluding diaryl/α,β-unsaturated/α-hetero) is 1. The second kappa shape index (κ2) is 5.64. The van der Waals surface area contributed by atoms with Gasteiger partial charge in [-0.2, -0.15) is 0 Å². The van der Waals surface area contributed by atoms with E-state index in [-0.39, 0.29) is 12.3 Å². The molecule has 0 atom stereocenters. The van der Waals surface area contributed by atoms with Crippen molar-refractivity contribution in [1.82, 2.24) is 9.55 Å². The number of carbonyl (C=O) groups excluding carboxylic acids is 1. The van der Waals surface area contributed by atoms with Crippen molar-refractivity contribution in [3.63, 3.8) is 0 Å². The summed E-state index contributed by atoms with van der Waals surface area (Å²) in [6.07, 6.45) is 2.64. The average Bonchev–Trinajstić information content (AvgIpc) is 2.63. The largest absolute Gasteiger partial charge is 0.348 e. The lowest BCUT2D eigenvalue weighted by atomic mass is 10.2. The lowest BCUT2D eigenvalue weighted by Gasteiger charge is -2.03. The molecule has 0 aromatic carbocycles. The van der Waals surface area contributed by atoms with Gasteiger partial charge >= 0.3 is 5.69 Å². The summed E-state index contributed by atoms with van der Waals surface area (Å²) in [5, 5.41) is 0.313. The molecule has 2 rings (SSSR count). The molecule has 2 heterocycles. The van der Waals surface area contributed by atoms with Crippen molar-refractivity contribution in [3.05, 3.63) is 47.1 Å². The molecule has 94 valence electrons. The summed E-state index contributed by atoms with van der Waals surface area (Å²) in [4.78, 5) is 27.0. The molecule has 2 aromatic rings. The first-order valence-corrected chi connectivity index (χ1v) is 7.45. The summed E-state index contributed by atoms with van der Waals surface area (Å²) >= 11 is 13.7. The highest BCUT2D eigenvalue weighted by atomic mass is 79.9. The Balaban J connectivity index is 2.29. The van der Waals surface area contributed by atoms with E-state index in [2.05, 4.69) is 36.8 Å². The first kappa shape index (κ1) is 13.9. The second-order valence-corrected chi connectivity index (χ2v) is 7.53. The van der Waals surface area contributed by atoms with Crippen LogP contribution in [0.3, 0.4) is 0 Å². The first-order valence-electron chi connectivity index (χ1n) is 4.67. The summed E-state index contributed by atoms with van der Waals surface area (Å²) in [5.41, 5.74) is 0.0249. The molecule has 0 saturated heterocycles. The van der Waals surface area contributed by atoms with E-state index in [1.807, 2.05) is 0 Å². The van der Waals surface area contributed by atoms with E-state index in [9.17, 15) is 9.59 Å². The number of hydrogen-bond donors (Lipinski definition) is 0. The molecule has 0 bridgehead atoms. The average molecular weight is 412 g/mol. The minimum absolute atomic E-state index is 0.0891. The molecule has 0 unspecified atom stereocenters.